The maximum atomic E-state index is 11.2. The van der Waals surface area contributed by atoms with Crippen LogP contribution in [-0.2, 0) is 59.4 Å². The van der Waals surface area contributed by atoms with E-state index in [0.29, 0.717) is 104 Å². The predicted molar refractivity (Wildman–Crippen MR) is 339 cm³/mol. The van der Waals surface area contributed by atoms with Crippen LogP contribution in [0.4, 0.5) is 0 Å². The molecule has 0 spiro atoms. The van der Waals surface area contributed by atoms with Crippen LogP contribution in [0.25, 0.3) is 0 Å². The lowest BCUT2D eigenvalue weighted by molar-refractivity contribution is -0.0452. The Hall–Kier alpha value is -4.29. The molecule has 0 aromatic heterocycles. The molecule has 4 atom stereocenters. The van der Waals surface area contributed by atoms with E-state index in [4.69, 9.17) is 88.1 Å². The first-order valence-corrected chi connectivity index (χ1v) is 32.9. The van der Waals surface area contributed by atoms with Gasteiger partial charge in [-0.15, -0.1) is 0 Å². The molecule has 1 aliphatic carbocycles. The number of benzene rings is 5. The molecule has 10 rings (SSSR count). The normalized spacial score (nSPS) is 17.8. The van der Waals surface area contributed by atoms with Crippen molar-refractivity contribution in [2.24, 2.45) is 11.3 Å². The summed E-state index contributed by atoms with van der Waals surface area (Å²) in [6, 6.07) is 35.0. The molecule has 88 heavy (non-hydrogen) atoms. The van der Waals surface area contributed by atoms with Crippen LogP contribution >= 0.6 is 46.6 Å². The van der Waals surface area contributed by atoms with Gasteiger partial charge < -0.3 is 95.0 Å². The van der Waals surface area contributed by atoms with Crippen LogP contribution < -0.4 is 22.6 Å². The number of rotatable bonds is 22. The minimum atomic E-state index is -2.42. The van der Waals surface area contributed by atoms with Crippen LogP contribution in [-0.4, -0.2) is 91.2 Å². The van der Waals surface area contributed by atoms with Crippen LogP contribution in [0.1, 0.15) is 129 Å². The molecule has 7 N–H and O–H groups in total. The highest BCUT2D eigenvalue weighted by Gasteiger charge is 2.34. The van der Waals surface area contributed by atoms with E-state index >= 15 is 0 Å². The van der Waals surface area contributed by atoms with Crippen molar-refractivity contribution in [1.82, 2.24) is 0 Å². The van der Waals surface area contributed by atoms with E-state index in [-0.39, 0.29) is 43.4 Å². The van der Waals surface area contributed by atoms with E-state index in [0.717, 1.165) is 40.2 Å². The summed E-state index contributed by atoms with van der Waals surface area (Å²) >= 11 is 0.714. The Morgan fingerprint density at radius 2 is 0.909 bits per heavy atom. The maximum Gasteiger partial charge on any atom is 0.460 e. The molecular weight excluding hydrogens is 1260 g/mol. The first kappa shape index (κ1) is 76.2. The van der Waals surface area contributed by atoms with Gasteiger partial charge in [0.25, 0.3) is 0 Å². The van der Waals surface area contributed by atoms with Crippen molar-refractivity contribution in [1.29, 1.82) is 0 Å². The number of hydrogen-bond acceptors (Lipinski definition) is 22. The minimum Gasteiger partial charge on any atom is -0.449 e. The molecule has 4 saturated heterocycles. The summed E-state index contributed by atoms with van der Waals surface area (Å²) in [5.41, 5.74) is 3.87. The average molecular weight is 1340 g/mol. The third kappa shape index (κ3) is 22.2. The molecule has 0 bridgehead atoms. The van der Waals surface area contributed by atoms with Crippen LogP contribution in [0.5, 0.6) is 28.7 Å². The van der Waals surface area contributed by atoms with Crippen LogP contribution in [0.15, 0.2) is 143 Å². The first-order chi connectivity index (χ1) is 41.1. The molecule has 0 amide bonds. The Bertz CT molecular complexity index is 2970. The van der Waals surface area contributed by atoms with Crippen LogP contribution in [0.3, 0.4) is 0 Å². The maximum absolute atomic E-state index is 11.2. The standard InChI is InChI=1S/C40H50O10P2S.C9H11O5P.C9H11O4P.2CH4.O2S.H2O/c1-7-39(3,4)27-17-19-33(49-51(41)47-31-15-11-9-13-29(31)37-43-21-22-44-37)35(25-27)53-36-26-28(40(5,6)8-2)18-20-34(36)50-52(42)48-32-16-12-10-14-30(32)38-45-23-24-46-38;10-15(11)14-8-4-2-1-3-7(8)9-12-5-6-13-9;10-14-13-8-4-2-1-3-7(8)9-11-5-6-12-9;;;1-3-2;/h9-17,19-20,25-26,28,37-38,41-42H,7-8,18,21-24H2,1-6H3;1-4,9-11H,5-6H2;1-4,9-10,14H,5-6H2;2*1H4;;1H2. The Morgan fingerprint density at radius 1 is 0.534 bits per heavy atom. The van der Waals surface area contributed by atoms with E-state index < -0.39 is 65.3 Å². The van der Waals surface area contributed by atoms with Crippen molar-refractivity contribution in [3.63, 3.8) is 0 Å². The molecule has 4 heterocycles. The summed E-state index contributed by atoms with van der Waals surface area (Å²) in [5.74, 6) is 3.02. The fourth-order valence-corrected chi connectivity index (χ4v) is 12.0. The zero-order valence-electron chi connectivity index (χ0n) is 48.2. The number of para-hydroxylation sites is 4. The molecule has 0 radical (unpaired) electrons. The first-order valence-electron chi connectivity index (χ1n) is 27.1. The van der Waals surface area contributed by atoms with Gasteiger partial charge in [-0.05, 0) is 77.6 Å². The smallest absolute Gasteiger partial charge is 0.449 e. The summed E-state index contributed by atoms with van der Waals surface area (Å²) in [6.07, 6.45) is 4.91. The van der Waals surface area contributed by atoms with Crippen molar-refractivity contribution in [2.45, 2.75) is 111 Å². The number of allylic oxidation sites excluding steroid dienone is 2. The van der Waals surface area contributed by atoms with Crippen LogP contribution in [0.2, 0.25) is 0 Å². The fraction of sp³-hybridized carbons (Fsp3) is 0.433. The van der Waals surface area contributed by atoms with Crippen molar-refractivity contribution < 1.29 is 103 Å². The van der Waals surface area contributed by atoms with Crippen molar-refractivity contribution in [2.75, 3.05) is 52.9 Å². The average Bonchev–Trinajstić information content (AvgIpc) is 1.84. The second-order valence-electron chi connectivity index (χ2n) is 20.2. The quantitative estimate of drug-likeness (QED) is 0.0402. The molecule has 4 aliphatic heterocycles. The zero-order valence-corrected chi connectivity index (χ0v) is 53.5. The second-order valence-corrected chi connectivity index (χ2v) is 24.2. The zero-order chi connectivity index (χ0) is 60.8. The lowest BCUT2D eigenvalue weighted by Gasteiger charge is -2.34. The molecule has 4 fully saturated rings. The molecule has 486 valence electrons. The summed E-state index contributed by atoms with van der Waals surface area (Å²) in [4.78, 5) is 50.4. The number of hydrogen-bond donors (Lipinski definition) is 5. The fourth-order valence-electron chi connectivity index (χ4n) is 8.75. The van der Waals surface area contributed by atoms with Gasteiger partial charge in [0.1, 0.15) is 34.5 Å². The summed E-state index contributed by atoms with van der Waals surface area (Å²) in [5, 5.41) is 0. The Kier molecular flexibility index (Phi) is 33.4. The highest BCUT2D eigenvalue weighted by Crippen LogP contribution is 2.52. The van der Waals surface area contributed by atoms with Crippen LogP contribution in [0, 0.1) is 11.3 Å². The third-order valence-corrected chi connectivity index (χ3v) is 17.3. The van der Waals surface area contributed by atoms with Crippen molar-refractivity contribution in [3.8, 4) is 28.7 Å². The lowest BCUT2D eigenvalue weighted by Crippen LogP contribution is -2.23. The largest absolute Gasteiger partial charge is 0.460 e. The topological polar surface area (TPSA) is 296 Å². The highest BCUT2D eigenvalue weighted by molar-refractivity contribution is 8.03. The van der Waals surface area contributed by atoms with Crippen molar-refractivity contribution >= 4 is 58.2 Å². The summed E-state index contributed by atoms with van der Waals surface area (Å²) in [7, 11) is -7.77. The van der Waals surface area contributed by atoms with Gasteiger partial charge in [0.05, 0.1) is 84.9 Å². The second kappa shape index (κ2) is 38.5. The Labute approximate surface area is 528 Å². The third-order valence-electron chi connectivity index (χ3n) is 14.1. The molecule has 5 aliphatic rings. The molecule has 28 heteroatoms. The summed E-state index contributed by atoms with van der Waals surface area (Å²) in [6.45, 7) is 17.5. The highest BCUT2D eigenvalue weighted by atomic mass is 32.2. The van der Waals surface area contributed by atoms with Gasteiger partial charge >= 0.3 is 37.4 Å². The van der Waals surface area contributed by atoms with E-state index in [1.807, 2.05) is 78.9 Å². The number of ether oxygens (including phenoxy) is 8. The molecule has 4 unspecified atom stereocenters. The van der Waals surface area contributed by atoms with Gasteiger partial charge in [-0.1, -0.05) is 160 Å². The predicted octanol–water partition coefficient (Wildman–Crippen LogP) is 13.5. The molecule has 0 saturated carbocycles. The van der Waals surface area contributed by atoms with E-state index in [1.165, 1.54) is 11.8 Å². The SMILES string of the molecule is C.C.CCC(C)(C)c1ccc(OP(O)Oc2ccccc2C2OCCO2)c(SC2=CC(C(C)(C)CC)CC=C2OP(O)Oc2ccccc2C2OCCO2)c1.O.O=S=O.OP(O)Oc1ccccc1C1OCCO1.OPOc1ccccc1C1OCCO1. The number of thioether (sulfide) groups is 1. The van der Waals surface area contributed by atoms with Crippen molar-refractivity contribution in [3.05, 3.63) is 166 Å². The van der Waals surface area contributed by atoms with Gasteiger partial charge in [0, 0.05) is 0 Å². The van der Waals surface area contributed by atoms with Gasteiger partial charge in [-0.25, -0.2) is 0 Å². The molecule has 5 aromatic rings. The van der Waals surface area contributed by atoms with Gasteiger partial charge in [0.15, 0.2) is 25.2 Å². The molecule has 5 aromatic carbocycles. The monoisotopic (exact) mass is 1340 g/mol. The minimum absolute atomic E-state index is 0. The van der Waals surface area contributed by atoms with Gasteiger partial charge in [-0.2, -0.15) is 8.42 Å². The Morgan fingerprint density at radius 3 is 1.31 bits per heavy atom. The van der Waals surface area contributed by atoms with E-state index in [1.54, 1.807) is 36.4 Å². The van der Waals surface area contributed by atoms with Gasteiger partial charge in [-0.3, -0.25) is 0 Å². The molecule has 22 nitrogen and oxygen atoms in total. The molecular formula is C60H82O22P4S2. The Balaban J connectivity index is 0.000000383. The van der Waals surface area contributed by atoms with E-state index in [9.17, 15) is 9.79 Å². The lowest BCUT2D eigenvalue weighted by atomic mass is 9.73. The summed E-state index contributed by atoms with van der Waals surface area (Å²) < 4.78 is 95.0. The van der Waals surface area contributed by atoms with Gasteiger partial charge in [0.2, 0.25) is 9.03 Å². The van der Waals surface area contributed by atoms with E-state index in [2.05, 4.69) is 53.7 Å².